The van der Waals surface area contributed by atoms with Gasteiger partial charge in [-0.3, -0.25) is 9.48 Å². The lowest BCUT2D eigenvalue weighted by Gasteiger charge is -2.22. The number of amides is 1. The summed E-state index contributed by atoms with van der Waals surface area (Å²) in [6, 6.07) is 1.13. The molecule has 1 amide bonds. The van der Waals surface area contributed by atoms with E-state index in [2.05, 4.69) is 25.9 Å². The molecule has 7 heteroatoms. The lowest BCUT2D eigenvalue weighted by atomic mass is 9.86. The van der Waals surface area contributed by atoms with Crippen molar-refractivity contribution in [3.8, 4) is 0 Å². The molecule has 170 valence electrons. The zero-order valence-corrected chi connectivity index (χ0v) is 18.5. The van der Waals surface area contributed by atoms with Crippen LogP contribution in [0.25, 0.3) is 0 Å². The molecule has 3 rings (SSSR count). The Morgan fingerprint density at radius 1 is 1.20 bits per heavy atom. The Bertz CT molecular complexity index is 711. The normalized spacial score (nSPS) is 21.8. The fourth-order valence-corrected chi connectivity index (χ4v) is 4.53. The molecule has 0 radical (unpaired) electrons. The highest BCUT2D eigenvalue weighted by Gasteiger charge is 2.39. The molecule has 3 atom stereocenters. The Morgan fingerprint density at radius 3 is 2.53 bits per heavy atom. The lowest BCUT2D eigenvalue weighted by molar-refractivity contribution is -0.145. The van der Waals surface area contributed by atoms with Crippen LogP contribution in [0.5, 0.6) is 0 Å². The highest BCUT2D eigenvalue weighted by Crippen LogP contribution is 2.41. The van der Waals surface area contributed by atoms with Gasteiger partial charge in [0.2, 0.25) is 5.91 Å². The summed E-state index contributed by atoms with van der Waals surface area (Å²) in [5, 5.41) is 4.13. The summed E-state index contributed by atoms with van der Waals surface area (Å²) in [6.45, 7) is 7.73. The Labute approximate surface area is 178 Å². The Kier molecular flexibility index (Phi) is 7.51. The predicted octanol–water partition coefficient (Wildman–Crippen LogP) is 5.87. The van der Waals surface area contributed by atoms with Gasteiger partial charge in [-0.25, -0.2) is 0 Å². The molecule has 2 aliphatic rings. The molecule has 2 unspecified atom stereocenters. The third-order valence-electron chi connectivity index (χ3n) is 7.02. The maximum atomic E-state index is 13.4. The van der Waals surface area contributed by atoms with Crippen molar-refractivity contribution in [1.82, 2.24) is 14.7 Å². The molecule has 1 aromatic rings. The van der Waals surface area contributed by atoms with Crippen LogP contribution in [0.4, 0.5) is 13.2 Å². The largest absolute Gasteiger partial charge is 0.433 e. The molecule has 1 saturated heterocycles. The van der Waals surface area contributed by atoms with Crippen LogP contribution < -0.4 is 0 Å². The van der Waals surface area contributed by atoms with Gasteiger partial charge in [0.1, 0.15) is 12.2 Å². The smallest absolute Gasteiger partial charge is 0.341 e. The highest BCUT2D eigenvalue weighted by molar-refractivity contribution is 5.76. The van der Waals surface area contributed by atoms with Crippen LogP contribution in [0.1, 0.15) is 89.4 Å². The van der Waals surface area contributed by atoms with Gasteiger partial charge in [0.15, 0.2) is 0 Å². The van der Waals surface area contributed by atoms with Crippen molar-refractivity contribution in [3.63, 3.8) is 0 Å². The summed E-state index contributed by atoms with van der Waals surface area (Å²) in [7, 11) is 0. The summed E-state index contributed by atoms with van der Waals surface area (Å²) in [6.07, 6.45) is 4.15. The average molecular weight is 428 g/mol. The molecule has 1 aromatic heterocycles. The Balaban J connectivity index is 1.55. The van der Waals surface area contributed by atoms with Gasteiger partial charge in [-0.05, 0) is 49.5 Å². The van der Waals surface area contributed by atoms with Crippen molar-refractivity contribution in [2.24, 2.45) is 17.8 Å². The number of likely N-dealkylation sites (tertiary alicyclic amines) is 1. The van der Waals surface area contributed by atoms with E-state index >= 15 is 0 Å². The number of carbonyl (C=O) groups is 1. The van der Waals surface area contributed by atoms with Crippen LogP contribution in [-0.2, 0) is 17.5 Å². The van der Waals surface area contributed by atoms with Gasteiger partial charge in [-0.1, -0.05) is 46.5 Å². The van der Waals surface area contributed by atoms with Gasteiger partial charge in [-0.15, -0.1) is 0 Å². The van der Waals surface area contributed by atoms with E-state index in [-0.39, 0.29) is 18.4 Å². The number of nitrogens with zero attached hydrogens (tertiary/aromatic N) is 3. The van der Waals surface area contributed by atoms with Crippen LogP contribution in [0, 0.1) is 17.8 Å². The van der Waals surface area contributed by atoms with E-state index in [1.165, 1.54) is 19.3 Å². The fourth-order valence-electron chi connectivity index (χ4n) is 4.53. The second-order valence-electron chi connectivity index (χ2n) is 9.48. The first-order valence-corrected chi connectivity index (χ1v) is 11.6. The molecular weight excluding hydrogens is 391 g/mol. The van der Waals surface area contributed by atoms with Crippen molar-refractivity contribution in [2.75, 3.05) is 13.1 Å². The van der Waals surface area contributed by atoms with E-state index in [1.807, 2.05) is 0 Å². The van der Waals surface area contributed by atoms with Gasteiger partial charge >= 0.3 is 6.18 Å². The SMILES string of the molecule is CCC(C)CCC(CC)C[C@H]1CCN(C(=O)Cn2nc(C3CC3)cc2C(F)(F)F)C1. The van der Waals surface area contributed by atoms with E-state index in [4.69, 9.17) is 0 Å². The van der Waals surface area contributed by atoms with Crippen molar-refractivity contribution >= 4 is 5.91 Å². The lowest BCUT2D eigenvalue weighted by Crippen LogP contribution is -2.33. The van der Waals surface area contributed by atoms with Crippen LogP contribution in [0.3, 0.4) is 0 Å². The molecule has 30 heavy (non-hydrogen) atoms. The molecule has 0 aromatic carbocycles. The molecule has 1 saturated carbocycles. The monoisotopic (exact) mass is 427 g/mol. The first-order chi connectivity index (χ1) is 14.2. The van der Waals surface area contributed by atoms with Gasteiger partial charge in [0.05, 0.1) is 5.69 Å². The highest BCUT2D eigenvalue weighted by atomic mass is 19.4. The van der Waals surface area contributed by atoms with Gasteiger partial charge in [-0.2, -0.15) is 18.3 Å². The topological polar surface area (TPSA) is 38.1 Å². The Morgan fingerprint density at radius 2 is 1.93 bits per heavy atom. The molecular formula is C23H36F3N3O. The van der Waals surface area contributed by atoms with E-state index in [0.29, 0.717) is 30.6 Å². The van der Waals surface area contributed by atoms with Gasteiger partial charge < -0.3 is 4.90 Å². The third-order valence-corrected chi connectivity index (χ3v) is 7.02. The summed E-state index contributed by atoms with van der Waals surface area (Å²) in [4.78, 5) is 14.5. The molecule has 0 spiro atoms. The maximum absolute atomic E-state index is 13.4. The van der Waals surface area contributed by atoms with Crippen LogP contribution in [0.15, 0.2) is 6.07 Å². The minimum Gasteiger partial charge on any atom is -0.341 e. The Hall–Kier alpha value is -1.53. The number of rotatable bonds is 10. The summed E-state index contributed by atoms with van der Waals surface area (Å²) in [5.41, 5.74) is -0.328. The summed E-state index contributed by atoms with van der Waals surface area (Å²) >= 11 is 0. The first-order valence-electron chi connectivity index (χ1n) is 11.6. The van der Waals surface area contributed by atoms with E-state index in [0.717, 1.165) is 48.8 Å². The number of aromatic nitrogens is 2. The number of alkyl halides is 3. The number of hydrogen-bond acceptors (Lipinski definition) is 2. The molecule has 2 heterocycles. The third kappa shape index (κ3) is 6.01. The zero-order chi connectivity index (χ0) is 21.9. The van der Waals surface area contributed by atoms with E-state index < -0.39 is 11.9 Å². The van der Waals surface area contributed by atoms with Crippen molar-refractivity contribution < 1.29 is 18.0 Å². The quantitative estimate of drug-likeness (QED) is 0.468. The average Bonchev–Trinajstić information content (AvgIpc) is 3.28. The first kappa shape index (κ1) is 23.1. The van der Waals surface area contributed by atoms with Crippen LogP contribution in [0.2, 0.25) is 0 Å². The molecule has 2 fully saturated rings. The van der Waals surface area contributed by atoms with E-state index in [1.54, 1.807) is 4.90 Å². The predicted molar refractivity (Wildman–Crippen MR) is 111 cm³/mol. The van der Waals surface area contributed by atoms with E-state index in [9.17, 15) is 18.0 Å². The minimum absolute atomic E-state index is 0.125. The minimum atomic E-state index is -4.49. The molecule has 1 aliphatic heterocycles. The second-order valence-corrected chi connectivity index (χ2v) is 9.48. The second kappa shape index (κ2) is 9.73. The van der Waals surface area contributed by atoms with Gasteiger partial charge in [0.25, 0.3) is 0 Å². The molecule has 0 bridgehead atoms. The van der Waals surface area contributed by atoms with Crippen LogP contribution >= 0.6 is 0 Å². The molecule has 0 N–H and O–H groups in total. The fraction of sp³-hybridized carbons (Fsp3) is 0.826. The van der Waals surface area contributed by atoms with Crippen molar-refractivity contribution in [2.45, 2.75) is 90.8 Å². The van der Waals surface area contributed by atoms with Gasteiger partial charge in [0, 0.05) is 19.0 Å². The number of hydrogen-bond donors (Lipinski definition) is 0. The number of halogens is 3. The van der Waals surface area contributed by atoms with Crippen molar-refractivity contribution in [3.05, 3.63) is 17.5 Å². The standard InChI is InChI=1S/C23H36F3N3O/c1-4-16(3)6-7-17(5-2)12-18-10-11-28(14-18)22(30)15-29-21(23(24,25)26)13-20(27-29)19-8-9-19/h13,16-19H,4-12,14-15H2,1-3H3/t16?,17?,18-/m1/s1. The maximum Gasteiger partial charge on any atom is 0.433 e. The molecule has 4 nitrogen and oxygen atoms in total. The van der Waals surface area contributed by atoms with Crippen molar-refractivity contribution in [1.29, 1.82) is 0 Å². The van der Waals surface area contributed by atoms with Crippen LogP contribution in [-0.4, -0.2) is 33.7 Å². The zero-order valence-electron chi connectivity index (χ0n) is 18.5. The summed E-state index contributed by atoms with van der Waals surface area (Å²) < 4.78 is 41.0. The summed E-state index contributed by atoms with van der Waals surface area (Å²) in [5.74, 6) is 1.75. The molecule has 1 aliphatic carbocycles. The number of carbonyl (C=O) groups excluding carboxylic acids is 1.